The first kappa shape index (κ1) is 18.4. The Morgan fingerprint density at radius 2 is 1.93 bits per heavy atom. The third kappa shape index (κ3) is 3.80. The molecule has 0 radical (unpaired) electrons. The van der Waals surface area contributed by atoms with Crippen LogP contribution in [0.25, 0.3) is 16.9 Å². The Labute approximate surface area is 170 Å². The van der Waals surface area contributed by atoms with Gasteiger partial charge in [0.15, 0.2) is 11.5 Å². The van der Waals surface area contributed by atoms with Gasteiger partial charge in [0, 0.05) is 37.1 Å². The van der Waals surface area contributed by atoms with Gasteiger partial charge in [-0.1, -0.05) is 0 Å². The third-order valence-corrected chi connectivity index (χ3v) is 5.94. The Hall–Kier alpha value is -2.64. The van der Waals surface area contributed by atoms with Crippen LogP contribution in [0.1, 0.15) is 25.7 Å². The van der Waals surface area contributed by atoms with Crippen LogP contribution in [0.15, 0.2) is 42.9 Å². The molecule has 5 rings (SSSR count). The second-order valence-electron chi connectivity index (χ2n) is 7.93. The van der Waals surface area contributed by atoms with E-state index in [1.165, 1.54) is 12.8 Å². The summed E-state index contributed by atoms with van der Waals surface area (Å²) in [5, 5.41) is 13.2. The fraction of sp³-hybridized carbons (Fsp3) is 0.455. The van der Waals surface area contributed by atoms with Crippen LogP contribution in [-0.4, -0.2) is 57.9 Å². The summed E-state index contributed by atoms with van der Waals surface area (Å²) < 4.78 is 8.02. The van der Waals surface area contributed by atoms with Gasteiger partial charge in [0.05, 0.1) is 18.0 Å². The van der Waals surface area contributed by atoms with Gasteiger partial charge in [0.2, 0.25) is 0 Å². The number of hydrogen-bond donors (Lipinski definition) is 2. The SMILES string of the molecule is OC1CCN(c2nccn3c(-c4ccc(OCC5CCCN5)cc4)cnc23)CC1. The minimum Gasteiger partial charge on any atom is -0.492 e. The lowest BCUT2D eigenvalue weighted by Gasteiger charge is -2.30. The Kier molecular flexibility index (Phi) is 5.08. The summed E-state index contributed by atoms with van der Waals surface area (Å²) in [6.07, 6.45) is 9.44. The lowest BCUT2D eigenvalue weighted by Crippen LogP contribution is -2.36. The van der Waals surface area contributed by atoms with Crippen molar-refractivity contribution in [3.8, 4) is 17.0 Å². The smallest absolute Gasteiger partial charge is 0.180 e. The van der Waals surface area contributed by atoms with E-state index in [0.717, 1.165) is 60.9 Å². The molecular weight excluding hydrogens is 366 g/mol. The monoisotopic (exact) mass is 393 g/mol. The van der Waals surface area contributed by atoms with Gasteiger partial charge in [-0.3, -0.25) is 4.40 Å². The van der Waals surface area contributed by atoms with Gasteiger partial charge in [-0.25, -0.2) is 9.97 Å². The number of benzene rings is 1. The first-order chi connectivity index (χ1) is 14.3. The number of nitrogens with zero attached hydrogens (tertiary/aromatic N) is 4. The van der Waals surface area contributed by atoms with Crippen LogP contribution < -0.4 is 15.0 Å². The lowest BCUT2D eigenvalue weighted by atomic mass is 10.1. The van der Waals surface area contributed by atoms with Crippen LogP contribution in [-0.2, 0) is 0 Å². The number of ether oxygens (including phenoxy) is 1. The highest BCUT2D eigenvalue weighted by atomic mass is 16.5. The van der Waals surface area contributed by atoms with Gasteiger partial charge in [-0.15, -0.1) is 0 Å². The van der Waals surface area contributed by atoms with E-state index >= 15 is 0 Å². The molecule has 7 nitrogen and oxygen atoms in total. The summed E-state index contributed by atoms with van der Waals surface area (Å²) in [5.41, 5.74) is 2.98. The molecule has 2 aliphatic heterocycles. The van der Waals surface area contributed by atoms with Gasteiger partial charge in [-0.2, -0.15) is 0 Å². The first-order valence-electron chi connectivity index (χ1n) is 10.5. The maximum absolute atomic E-state index is 9.78. The second-order valence-corrected chi connectivity index (χ2v) is 7.93. The van der Waals surface area contributed by atoms with Crippen LogP contribution in [0.4, 0.5) is 5.82 Å². The number of piperidine rings is 1. The van der Waals surface area contributed by atoms with Gasteiger partial charge in [0.1, 0.15) is 12.4 Å². The molecule has 0 aliphatic carbocycles. The fourth-order valence-electron chi connectivity index (χ4n) is 4.24. The third-order valence-electron chi connectivity index (χ3n) is 5.94. The quantitative estimate of drug-likeness (QED) is 0.694. The van der Waals surface area contributed by atoms with Crippen molar-refractivity contribution in [2.75, 3.05) is 31.1 Å². The van der Waals surface area contributed by atoms with Gasteiger partial charge < -0.3 is 20.1 Å². The molecule has 4 heterocycles. The Morgan fingerprint density at radius 3 is 2.69 bits per heavy atom. The molecule has 0 saturated carbocycles. The fourth-order valence-corrected chi connectivity index (χ4v) is 4.24. The number of fused-ring (bicyclic) bond motifs is 1. The summed E-state index contributed by atoms with van der Waals surface area (Å²) in [7, 11) is 0. The van der Waals surface area contributed by atoms with Gasteiger partial charge in [0.25, 0.3) is 0 Å². The highest BCUT2D eigenvalue weighted by Gasteiger charge is 2.21. The predicted molar refractivity (Wildman–Crippen MR) is 112 cm³/mol. The molecule has 0 bridgehead atoms. The number of nitrogens with one attached hydrogen (secondary N) is 1. The van der Waals surface area contributed by atoms with E-state index in [4.69, 9.17) is 4.74 Å². The Balaban J connectivity index is 1.35. The van der Waals surface area contributed by atoms with Crippen LogP contribution in [0, 0.1) is 0 Å². The zero-order valence-corrected chi connectivity index (χ0v) is 16.5. The summed E-state index contributed by atoms with van der Waals surface area (Å²) in [6, 6.07) is 8.68. The molecule has 152 valence electrons. The molecule has 3 aromatic rings. The summed E-state index contributed by atoms with van der Waals surface area (Å²) in [6.45, 7) is 3.42. The lowest BCUT2D eigenvalue weighted by molar-refractivity contribution is 0.145. The molecule has 2 fully saturated rings. The zero-order valence-electron chi connectivity index (χ0n) is 16.5. The number of hydrogen-bond acceptors (Lipinski definition) is 6. The maximum atomic E-state index is 9.78. The number of aromatic nitrogens is 3. The van der Waals surface area contributed by atoms with E-state index < -0.39 is 0 Å². The zero-order chi connectivity index (χ0) is 19.6. The molecule has 2 N–H and O–H groups in total. The standard InChI is InChI=1S/C22H27N5O2/c28-18-7-11-26(12-8-18)21-22-25-14-20(27(22)13-10-24-21)16-3-5-19(6-4-16)29-15-17-2-1-9-23-17/h3-6,10,13-14,17-18,23,28H,1-2,7-9,11-12,15H2. The minimum absolute atomic E-state index is 0.202. The minimum atomic E-state index is -0.202. The van der Waals surface area contributed by atoms with Gasteiger partial charge >= 0.3 is 0 Å². The molecule has 1 aromatic carbocycles. The highest BCUT2D eigenvalue weighted by Crippen LogP contribution is 2.28. The number of aliphatic hydroxyl groups is 1. The van der Waals surface area contributed by atoms with Crippen LogP contribution in [0.3, 0.4) is 0 Å². The number of imidazole rings is 1. The molecule has 2 aromatic heterocycles. The Morgan fingerprint density at radius 1 is 1.10 bits per heavy atom. The van der Waals surface area contributed by atoms with E-state index in [9.17, 15) is 5.11 Å². The van der Waals surface area contributed by atoms with Crippen molar-refractivity contribution in [1.29, 1.82) is 0 Å². The van der Waals surface area contributed by atoms with E-state index in [0.29, 0.717) is 12.6 Å². The van der Waals surface area contributed by atoms with Crippen molar-refractivity contribution in [3.63, 3.8) is 0 Å². The Bertz CT molecular complexity index is 957. The molecule has 29 heavy (non-hydrogen) atoms. The van der Waals surface area contributed by atoms with Gasteiger partial charge in [-0.05, 0) is 56.5 Å². The predicted octanol–water partition coefficient (Wildman–Crippen LogP) is 2.49. The van der Waals surface area contributed by atoms with Crippen molar-refractivity contribution < 1.29 is 9.84 Å². The molecule has 1 unspecified atom stereocenters. The molecule has 1 atom stereocenters. The number of aliphatic hydroxyl groups excluding tert-OH is 1. The van der Waals surface area contributed by atoms with Crippen molar-refractivity contribution in [2.24, 2.45) is 0 Å². The number of rotatable bonds is 5. The van der Waals surface area contributed by atoms with Crippen molar-refractivity contribution in [2.45, 2.75) is 37.8 Å². The van der Waals surface area contributed by atoms with Crippen molar-refractivity contribution >= 4 is 11.5 Å². The van der Waals surface area contributed by atoms with E-state index in [1.807, 2.05) is 30.7 Å². The highest BCUT2D eigenvalue weighted by molar-refractivity contribution is 5.71. The molecule has 7 heteroatoms. The number of anilines is 1. The average molecular weight is 393 g/mol. The topological polar surface area (TPSA) is 74.9 Å². The van der Waals surface area contributed by atoms with Crippen LogP contribution in [0.5, 0.6) is 5.75 Å². The van der Waals surface area contributed by atoms with E-state index in [2.05, 4.69) is 36.7 Å². The van der Waals surface area contributed by atoms with Crippen LogP contribution in [0.2, 0.25) is 0 Å². The average Bonchev–Trinajstić information content (AvgIpc) is 3.43. The molecule has 2 saturated heterocycles. The van der Waals surface area contributed by atoms with Crippen molar-refractivity contribution in [3.05, 3.63) is 42.9 Å². The molecular formula is C22H27N5O2. The normalized spacial score (nSPS) is 20.4. The molecule has 0 amide bonds. The van der Waals surface area contributed by atoms with Crippen LogP contribution >= 0.6 is 0 Å². The largest absolute Gasteiger partial charge is 0.492 e. The summed E-state index contributed by atoms with van der Waals surface area (Å²) >= 11 is 0. The maximum Gasteiger partial charge on any atom is 0.180 e. The summed E-state index contributed by atoms with van der Waals surface area (Å²) in [5.74, 6) is 1.78. The second kappa shape index (κ2) is 8.00. The molecule has 0 spiro atoms. The van der Waals surface area contributed by atoms with E-state index in [1.54, 1.807) is 0 Å². The summed E-state index contributed by atoms with van der Waals surface area (Å²) in [4.78, 5) is 11.4. The first-order valence-corrected chi connectivity index (χ1v) is 10.5. The van der Waals surface area contributed by atoms with E-state index in [-0.39, 0.29) is 6.10 Å². The van der Waals surface area contributed by atoms with Crippen molar-refractivity contribution in [1.82, 2.24) is 19.7 Å². The molecule has 2 aliphatic rings.